The molecule has 2 aliphatic heterocycles. The van der Waals surface area contributed by atoms with Crippen LogP contribution >= 0.6 is 0 Å². The molecule has 3 heterocycles. The second-order valence-electron chi connectivity index (χ2n) is 8.39. The third kappa shape index (κ3) is 7.06. The number of aromatic nitrogens is 2. The zero-order valence-corrected chi connectivity index (χ0v) is 18.6. The van der Waals surface area contributed by atoms with E-state index in [1.165, 1.54) is 17.7 Å². The maximum Gasteiger partial charge on any atom is 0.290 e. The summed E-state index contributed by atoms with van der Waals surface area (Å²) in [5, 5.41) is 14.0. The fraction of sp³-hybridized carbons (Fsp3) is 0.522. The van der Waals surface area contributed by atoms with Gasteiger partial charge in [0.1, 0.15) is 11.6 Å². The van der Waals surface area contributed by atoms with Gasteiger partial charge in [0.15, 0.2) is 0 Å². The number of carbonyl (C=O) groups excluding carboxylic acids is 1. The van der Waals surface area contributed by atoms with Crippen LogP contribution in [-0.2, 0) is 34.0 Å². The molecular weight excluding hydrogens is 434 g/mol. The van der Waals surface area contributed by atoms with Gasteiger partial charge >= 0.3 is 0 Å². The van der Waals surface area contributed by atoms with Gasteiger partial charge in [-0.25, -0.2) is 8.78 Å². The van der Waals surface area contributed by atoms with Crippen LogP contribution in [0.2, 0.25) is 0 Å². The number of piperidine rings is 1. The number of hydrogen-bond donors (Lipinski definition) is 2. The van der Waals surface area contributed by atoms with E-state index in [9.17, 15) is 13.6 Å². The number of amides is 1. The highest BCUT2D eigenvalue weighted by Gasteiger charge is 2.41. The van der Waals surface area contributed by atoms with E-state index in [2.05, 4.69) is 28.4 Å². The van der Waals surface area contributed by atoms with Crippen LogP contribution in [0.1, 0.15) is 30.9 Å². The van der Waals surface area contributed by atoms with E-state index in [4.69, 9.17) is 14.6 Å². The first-order valence-electron chi connectivity index (χ1n) is 11.1. The van der Waals surface area contributed by atoms with Crippen molar-refractivity contribution in [3.63, 3.8) is 0 Å². The molecule has 0 saturated carbocycles. The van der Waals surface area contributed by atoms with Crippen LogP contribution in [0.15, 0.2) is 30.6 Å². The number of rotatable bonds is 7. The van der Waals surface area contributed by atoms with Gasteiger partial charge < -0.3 is 15.2 Å². The molecule has 10 heteroatoms. The van der Waals surface area contributed by atoms with Crippen molar-refractivity contribution in [1.29, 1.82) is 0 Å². The topological polar surface area (TPSA) is 96.7 Å². The molecule has 1 aromatic heterocycles. The first kappa shape index (κ1) is 24.8. The number of ether oxygens (including phenoxy) is 1. The van der Waals surface area contributed by atoms with Gasteiger partial charge in [0.25, 0.3) is 6.47 Å². The summed E-state index contributed by atoms with van der Waals surface area (Å²) in [5.74, 6) is -0.642. The van der Waals surface area contributed by atoms with Crippen LogP contribution in [0.3, 0.4) is 0 Å². The Morgan fingerprint density at radius 3 is 2.70 bits per heavy atom. The molecule has 0 radical (unpaired) electrons. The van der Waals surface area contributed by atoms with Crippen molar-refractivity contribution < 1.29 is 28.2 Å². The molecule has 2 fully saturated rings. The number of carboxylic acid groups (broad SMARTS) is 1. The summed E-state index contributed by atoms with van der Waals surface area (Å²) in [6, 6.07) is 3.27. The fourth-order valence-corrected chi connectivity index (χ4v) is 4.60. The highest BCUT2D eigenvalue weighted by atomic mass is 19.1. The molecule has 0 aliphatic carbocycles. The van der Waals surface area contributed by atoms with Gasteiger partial charge in [0.2, 0.25) is 5.91 Å². The van der Waals surface area contributed by atoms with Crippen molar-refractivity contribution in [3.8, 4) is 0 Å². The molecule has 2 aliphatic rings. The van der Waals surface area contributed by atoms with Gasteiger partial charge in [-0.15, -0.1) is 0 Å². The van der Waals surface area contributed by atoms with Crippen molar-refractivity contribution in [2.24, 2.45) is 11.8 Å². The number of halogens is 2. The Bertz CT molecular complexity index is 919. The average Bonchev–Trinajstić information content (AvgIpc) is 3.39. The second-order valence-corrected chi connectivity index (χ2v) is 8.39. The predicted octanol–water partition coefficient (Wildman–Crippen LogP) is 2.43. The summed E-state index contributed by atoms with van der Waals surface area (Å²) in [6.07, 6.45) is 5.21. The zero-order valence-electron chi connectivity index (χ0n) is 18.6. The average molecular weight is 465 g/mol. The summed E-state index contributed by atoms with van der Waals surface area (Å²) >= 11 is 0. The lowest BCUT2D eigenvalue weighted by Gasteiger charge is -2.35. The maximum absolute atomic E-state index is 13.3. The minimum Gasteiger partial charge on any atom is -0.483 e. The van der Waals surface area contributed by atoms with E-state index in [-0.39, 0.29) is 31.4 Å². The molecule has 180 valence electrons. The lowest BCUT2D eigenvalue weighted by Crippen LogP contribution is -2.41. The van der Waals surface area contributed by atoms with Crippen LogP contribution in [0.5, 0.6) is 0 Å². The minimum absolute atomic E-state index is 0.0933. The molecule has 33 heavy (non-hydrogen) atoms. The smallest absolute Gasteiger partial charge is 0.290 e. The van der Waals surface area contributed by atoms with E-state index in [0.29, 0.717) is 24.0 Å². The lowest BCUT2D eigenvalue weighted by atomic mass is 9.83. The highest BCUT2D eigenvalue weighted by Crippen LogP contribution is 2.36. The summed E-state index contributed by atoms with van der Waals surface area (Å²) in [4.78, 5) is 23.1. The SMILES string of the molecule is CCn1cc(CN2CC[C@@H]3[C@@H](CO[C@H]3CC(=O)NCc3cc(F)cc(F)c3)C2)cn1.O=CO. The van der Waals surface area contributed by atoms with Gasteiger partial charge in [-0.3, -0.25) is 19.2 Å². The molecule has 8 nitrogen and oxygen atoms in total. The molecule has 4 rings (SSSR count). The Hall–Kier alpha value is -2.85. The van der Waals surface area contributed by atoms with E-state index in [0.717, 1.165) is 38.7 Å². The van der Waals surface area contributed by atoms with E-state index in [1.54, 1.807) is 0 Å². The van der Waals surface area contributed by atoms with Gasteiger partial charge in [0.05, 0.1) is 25.3 Å². The first-order valence-corrected chi connectivity index (χ1v) is 11.1. The van der Waals surface area contributed by atoms with Crippen molar-refractivity contribution >= 4 is 12.4 Å². The monoisotopic (exact) mass is 464 g/mol. The molecule has 2 N–H and O–H groups in total. The minimum atomic E-state index is -0.644. The van der Waals surface area contributed by atoms with Crippen LogP contribution in [0.25, 0.3) is 0 Å². The van der Waals surface area contributed by atoms with E-state index < -0.39 is 11.6 Å². The third-order valence-corrected chi connectivity index (χ3v) is 6.09. The standard InChI is InChI=1S/C22H28F2N4O2.CH2O2/c1-2-28-12-16(10-26-28)11-27-4-3-20-17(13-27)14-30-21(20)8-22(29)25-9-15-5-18(23)7-19(24)6-15;2-1-3/h5-7,10,12,17,20-21H,2-4,8-9,11,13-14H2,1H3,(H,25,29);1H,(H,2,3)/t17-,20-,21+;/m1./s1. The molecular formula is C23H30F2N4O4. The number of likely N-dealkylation sites (tertiary alicyclic amines) is 1. The molecule has 2 saturated heterocycles. The van der Waals surface area contributed by atoms with Gasteiger partial charge in [-0.1, -0.05) is 0 Å². The Morgan fingerprint density at radius 2 is 2.03 bits per heavy atom. The molecule has 0 bridgehead atoms. The number of carbonyl (C=O) groups is 2. The fourth-order valence-electron chi connectivity index (χ4n) is 4.60. The van der Waals surface area contributed by atoms with Gasteiger partial charge in [-0.2, -0.15) is 5.10 Å². The number of nitrogens with one attached hydrogen (secondary N) is 1. The van der Waals surface area contributed by atoms with Gasteiger partial charge in [-0.05, 0) is 43.5 Å². The quantitative estimate of drug-likeness (QED) is 0.611. The number of aryl methyl sites for hydroxylation is 1. The maximum atomic E-state index is 13.3. The number of hydrogen-bond acceptors (Lipinski definition) is 5. The largest absolute Gasteiger partial charge is 0.483 e. The molecule has 0 unspecified atom stereocenters. The molecule has 0 spiro atoms. The number of nitrogens with zero attached hydrogens (tertiary/aromatic N) is 3. The Balaban J connectivity index is 0.000000968. The third-order valence-electron chi connectivity index (χ3n) is 6.09. The molecule has 2 aromatic rings. The summed E-state index contributed by atoms with van der Waals surface area (Å²) in [5.41, 5.74) is 1.63. The van der Waals surface area contributed by atoms with Crippen molar-refractivity contribution in [3.05, 3.63) is 53.4 Å². The molecule has 3 atom stereocenters. The predicted molar refractivity (Wildman–Crippen MR) is 116 cm³/mol. The normalized spacial score (nSPS) is 22.2. The van der Waals surface area contributed by atoms with Crippen molar-refractivity contribution in [1.82, 2.24) is 20.0 Å². The zero-order chi connectivity index (χ0) is 23.8. The molecule has 1 amide bonds. The van der Waals surface area contributed by atoms with Crippen LogP contribution in [-0.4, -0.2) is 58.0 Å². The van der Waals surface area contributed by atoms with Crippen LogP contribution in [0.4, 0.5) is 8.78 Å². The van der Waals surface area contributed by atoms with Crippen LogP contribution in [0, 0.1) is 23.5 Å². The van der Waals surface area contributed by atoms with Crippen LogP contribution < -0.4 is 5.32 Å². The number of fused-ring (bicyclic) bond motifs is 1. The Kier molecular flexibility index (Phi) is 8.90. The molecule has 1 aromatic carbocycles. The van der Waals surface area contributed by atoms with Crippen molar-refractivity contribution in [2.45, 2.75) is 45.5 Å². The van der Waals surface area contributed by atoms with E-state index in [1.807, 2.05) is 10.9 Å². The van der Waals surface area contributed by atoms with Crippen molar-refractivity contribution in [2.75, 3.05) is 19.7 Å². The van der Waals surface area contributed by atoms with Gasteiger partial charge in [0, 0.05) is 49.9 Å². The summed E-state index contributed by atoms with van der Waals surface area (Å²) < 4.78 is 34.4. The summed E-state index contributed by atoms with van der Waals surface area (Å²) in [6.45, 7) is 6.29. The lowest BCUT2D eigenvalue weighted by molar-refractivity contribution is -0.124. The summed E-state index contributed by atoms with van der Waals surface area (Å²) in [7, 11) is 0. The first-order chi connectivity index (χ1) is 15.9. The van der Waals surface area contributed by atoms with E-state index >= 15 is 0 Å². The Morgan fingerprint density at radius 1 is 1.30 bits per heavy atom. The Labute approximate surface area is 191 Å². The highest BCUT2D eigenvalue weighted by molar-refractivity contribution is 5.76. The second kappa shape index (κ2) is 11.9. The number of benzene rings is 1.